The standard InChI is InChI=1S/C11H15N3O2/c1-8-3-11(14-13-8)16-7-10-4-9(5-12-2)6-15-10/h3-4,6,12H,5,7H2,1-2H3,(H,13,14). The molecule has 5 heteroatoms. The Labute approximate surface area is 93.8 Å². The molecular weight excluding hydrogens is 206 g/mol. The van der Waals surface area contributed by atoms with Crippen molar-refractivity contribution in [1.82, 2.24) is 15.5 Å². The largest absolute Gasteiger partial charge is 0.468 e. The minimum absolute atomic E-state index is 0.397. The van der Waals surface area contributed by atoms with Gasteiger partial charge in [-0.1, -0.05) is 0 Å². The van der Waals surface area contributed by atoms with Gasteiger partial charge in [-0.05, 0) is 20.0 Å². The number of H-pyrrole nitrogens is 1. The van der Waals surface area contributed by atoms with Crippen molar-refractivity contribution < 1.29 is 9.15 Å². The van der Waals surface area contributed by atoms with Crippen LogP contribution in [0.1, 0.15) is 17.0 Å². The summed E-state index contributed by atoms with van der Waals surface area (Å²) >= 11 is 0. The van der Waals surface area contributed by atoms with Crippen LogP contribution in [0.5, 0.6) is 5.88 Å². The van der Waals surface area contributed by atoms with Crippen LogP contribution in [-0.4, -0.2) is 17.2 Å². The summed E-state index contributed by atoms with van der Waals surface area (Å²) in [5.74, 6) is 1.38. The van der Waals surface area contributed by atoms with Crippen molar-refractivity contribution in [3.63, 3.8) is 0 Å². The molecule has 0 spiro atoms. The first-order chi connectivity index (χ1) is 7.78. The first-order valence-corrected chi connectivity index (χ1v) is 5.13. The normalized spacial score (nSPS) is 10.6. The van der Waals surface area contributed by atoms with Gasteiger partial charge in [0.2, 0.25) is 5.88 Å². The molecule has 5 nitrogen and oxygen atoms in total. The topological polar surface area (TPSA) is 63.1 Å². The van der Waals surface area contributed by atoms with Crippen LogP contribution in [-0.2, 0) is 13.2 Å². The lowest BCUT2D eigenvalue weighted by molar-refractivity contribution is 0.260. The Morgan fingerprint density at radius 2 is 2.38 bits per heavy atom. The van der Waals surface area contributed by atoms with E-state index in [0.29, 0.717) is 12.5 Å². The maximum atomic E-state index is 5.45. The highest BCUT2D eigenvalue weighted by molar-refractivity contribution is 5.15. The molecule has 0 aliphatic rings. The van der Waals surface area contributed by atoms with Crippen molar-refractivity contribution >= 4 is 0 Å². The SMILES string of the molecule is CNCc1coc(COc2cc(C)[nH]n2)c1. The summed E-state index contributed by atoms with van der Waals surface area (Å²) < 4.78 is 10.8. The number of aromatic amines is 1. The molecule has 0 radical (unpaired) electrons. The second-order valence-electron chi connectivity index (χ2n) is 3.63. The summed E-state index contributed by atoms with van der Waals surface area (Å²) in [4.78, 5) is 0. The van der Waals surface area contributed by atoms with Crippen LogP contribution in [0.25, 0.3) is 0 Å². The maximum Gasteiger partial charge on any atom is 0.233 e. The Morgan fingerprint density at radius 3 is 3.06 bits per heavy atom. The zero-order valence-corrected chi connectivity index (χ0v) is 9.41. The fourth-order valence-corrected chi connectivity index (χ4v) is 1.41. The predicted molar refractivity (Wildman–Crippen MR) is 59.1 cm³/mol. The van der Waals surface area contributed by atoms with Gasteiger partial charge in [0.25, 0.3) is 0 Å². The van der Waals surface area contributed by atoms with Gasteiger partial charge < -0.3 is 14.5 Å². The molecule has 2 rings (SSSR count). The fourth-order valence-electron chi connectivity index (χ4n) is 1.41. The van der Waals surface area contributed by atoms with Crippen molar-refractivity contribution in [1.29, 1.82) is 0 Å². The molecule has 0 bridgehead atoms. The number of hydrogen-bond donors (Lipinski definition) is 2. The molecule has 0 saturated heterocycles. The predicted octanol–water partition coefficient (Wildman–Crippen LogP) is 1.61. The molecule has 0 atom stereocenters. The molecule has 0 fully saturated rings. The van der Waals surface area contributed by atoms with Gasteiger partial charge >= 0.3 is 0 Å². The molecule has 0 unspecified atom stereocenters. The van der Waals surface area contributed by atoms with Gasteiger partial charge in [0, 0.05) is 23.9 Å². The van der Waals surface area contributed by atoms with E-state index in [1.165, 1.54) is 0 Å². The van der Waals surface area contributed by atoms with Crippen LogP contribution in [0.4, 0.5) is 0 Å². The van der Waals surface area contributed by atoms with E-state index < -0.39 is 0 Å². The number of aryl methyl sites for hydroxylation is 1. The van der Waals surface area contributed by atoms with Crippen LogP contribution in [0.3, 0.4) is 0 Å². The molecule has 2 heterocycles. The molecule has 0 amide bonds. The van der Waals surface area contributed by atoms with E-state index in [-0.39, 0.29) is 0 Å². The van der Waals surface area contributed by atoms with Crippen LogP contribution < -0.4 is 10.1 Å². The van der Waals surface area contributed by atoms with Crippen LogP contribution in [0, 0.1) is 6.92 Å². The highest BCUT2D eigenvalue weighted by Gasteiger charge is 2.03. The fraction of sp³-hybridized carbons (Fsp3) is 0.364. The summed E-state index contributed by atoms with van der Waals surface area (Å²) in [5.41, 5.74) is 2.09. The Morgan fingerprint density at radius 1 is 1.50 bits per heavy atom. The Hall–Kier alpha value is -1.75. The number of nitrogens with one attached hydrogen (secondary N) is 2. The average molecular weight is 221 g/mol. The van der Waals surface area contributed by atoms with Gasteiger partial charge in [0.05, 0.1) is 6.26 Å². The minimum Gasteiger partial charge on any atom is -0.468 e. The van der Waals surface area contributed by atoms with Crippen molar-refractivity contribution in [2.24, 2.45) is 0 Å². The molecule has 0 saturated carbocycles. The van der Waals surface area contributed by atoms with E-state index in [1.807, 2.05) is 26.1 Å². The number of ether oxygens (including phenoxy) is 1. The number of furan rings is 1. The summed E-state index contributed by atoms with van der Waals surface area (Å²) in [7, 11) is 1.90. The van der Waals surface area contributed by atoms with Gasteiger partial charge in [-0.3, -0.25) is 5.10 Å². The third-order valence-electron chi connectivity index (χ3n) is 2.13. The summed E-state index contributed by atoms with van der Waals surface area (Å²) in [6.45, 7) is 3.12. The number of rotatable bonds is 5. The van der Waals surface area contributed by atoms with E-state index in [4.69, 9.17) is 9.15 Å². The molecule has 0 aliphatic heterocycles. The first kappa shape index (κ1) is 10.8. The lowest BCUT2D eigenvalue weighted by Gasteiger charge is -1.97. The molecule has 2 N–H and O–H groups in total. The van der Waals surface area contributed by atoms with Crippen molar-refractivity contribution in [3.05, 3.63) is 35.4 Å². The van der Waals surface area contributed by atoms with Crippen molar-refractivity contribution in [3.8, 4) is 5.88 Å². The number of aromatic nitrogens is 2. The summed E-state index contributed by atoms with van der Waals surface area (Å²) in [5, 5.41) is 9.84. The van der Waals surface area contributed by atoms with Gasteiger partial charge in [-0.2, -0.15) is 0 Å². The van der Waals surface area contributed by atoms with E-state index in [0.717, 1.165) is 23.6 Å². The number of nitrogens with zero attached hydrogens (tertiary/aromatic N) is 1. The highest BCUT2D eigenvalue weighted by atomic mass is 16.5. The Balaban J connectivity index is 1.89. The van der Waals surface area contributed by atoms with E-state index in [1.54, 1.807) is 6.26 Å². The quantitative estimate of drug-likeness (QED) is 0.805. The van der Waals surface area contributed by atoms with Gasteiger partial charge in [-0.15, -0.1) is 5.10 Å². The molecule has 2 aromatic heterocycles. The van der Waals surface area contributed by atoms with Crippen molar-refractivity contribution in [2.75, 3.05) is 7.05 Å². The first-order valence-electron chi connectivity index (χ1n) is 5.13. The van der Waals surface area contributed by atoms with E-state index in [2.05, 4.69) is 15.5 Å². The second-order valence-corrected chi connectivity index (χ2v) is 3.63. The molecule has 16 heavy (non-hydrogen) atoms. The zero-order chi connectivity index (χ0) is 11.4. The average Bonchev–Trinajstić information content (AvgIpc) is 2.85. The highest BCUT2D eigenvalue weighted by Crippen LogP contribution is 2.12. The van der Waals surface area contributed by atoms with E-state index in [9.17, 15) is 0 Å². The van der Waals surface area contributed by atoms with Gasteiger partial charge in [0.1, 0.15) is 12.4 Å². The van der Waals surface area contributed by atoms with E-state index >= 15 is 0 Å². The van der Waals surface area contributed by atoms with Gasteiger partial charge in [0.15, 0.2) is 0 Å². The molecule has 0 aliphatic carbocycles. The smallest absolute Gasteiger partial charge is 0.233 e. The molecule has 0 aromatic carbocycles. The lowest BCUT2D eigenvalue weighted by atomic mass is 10.3. The van der Waals surface area contributed by atoms with Gasteiger partial charge in [-0.25, -0.2) is 0 Å². The molecular formula is C11H15N3O2. The third-order valence-corrected chi connectivity index (χ3v) is 2.13. The zero-order valence-electron chi connectivity index (χ0n) is 9.41. The third kappa shape index (κ3) is 2.64. The minimum atomic E-state index is 0.397. The Bertz CT molecular complexity index is 448. The van der Waals surface area contributed by atoms with Crippen molar-refractivity contribution in [2.45, 2.75) is 20.1 Å². The summed E-state index contributed by atoms with van der Waals surface area (Å²) in [6, 6.07) is 3.81. The van der Waals surface area contributed by atoms with Crippen LogP contribution >= 0.6 is 0 Å². The lowest BCUT2D eigenvalue weighted by Crippen LogP contribution is -2.03. The van der Waals surface area contributed by atoms with Crippen LogP contribution in [0.15, 0.2) is 22.8 Å². The number of hydrogen-bond acceptors (Lipinski definition) is 4. The van der Waals surface area contributed by atoms with Crippen LogP contribution in [0.2, 0.25) is 0 Å². The molecule has 2 aromatic rings. The molecule has 86 valence electrons. The Kier molecular flexibility index (Phi) is 3.26. The summed E-state index contributed by atoms with van der Waals surface area (Å²) in [6.07, 6.45) is 1.73. The maximum absolute atomic E-state index is 5.45. The monoisotopic (exact) mass is 221 g/mol. The second kappa shape index (κ2) is 4.85.